The molecule has 0 unspecified atom stereocenters. The van der Waals surface area contributed by atoms with E-state index in [2.05, 4.69) is 0 Å². The van der Waals surface area contributed by atoms with Gasteiger partial charge in [0.25, 0.3) is 0 Å². The summed E-state index contributed by atoms with van der Waals surface area (Å²) in [6.45, 7) is 0. The lowest BCUT2D eigenvalue weighted by Gasteiger charge is -2.07. The highest BCUT2D eigenvalue weighted by Gasteiger charge is 2.30. The Labute approximate surface area is 126 Å². The number of benzene rings is 2. The number of nitrogens with two attached hydrogens (primary N) is 1. The minimum absolute atomic E-state index is 0.569. The third-order valence-electron chi connectivity index (χ3n) is 3.84. The molecule has 22 heavy (non-hydrogen) atoms. The van der Waals surface area contributed by atoms with Crippen molar-refractivity contribution in [2.75, 3.05) is 5.73 Å². The van der Waals surface area contributed by atoms with Gasteiger partial charge in [-0.15, -0.1) is 0 Å². The summed E-state index contributed by atoms with van der Waals surface area (Å²) in [7, 11) is 1.75. The lowest BCUT2D eigenvalue weighted by molar-refractivity contribution is -0.137. The fourth-order valence-corrected chi connectivity index (χ4v) is 2.69. The van der Waals surface area contributed by atoms with E-state index in [1.807, 2.05) is 30.5 Å². The Hall–Kier alpha value is -2.43. The summed E-state index contributed by atoms with van der Waals surface area (Å²) < 4.78 is 40.2. The zero-order valence-corrected chi connectivity index (χ0v) is 12.0. The maximum absolute atomic E-state index is 12.8. The molecular weight excluding hydrogens is 289 g/mol. The van der Waals surface area contributed by atoms with Crippen LogP contribution < -0.4 is 5.73 Å². The van der Waals surface area contributed by atoms with Gasteiger partial charge in [0.1, 0.15) is 0 Å². The molecule has 5 heteroatoms. The molecule has 0 bridgehead atoms. The van der Waals surface area contributed by atoms with Crippen LogP contribution in [0, 0.1) is 0 Å². The number of nitrogens with zero attached hydrogens (tertiary/aromatic N) is 1. The number of fused-ring (bicyclic) bond motifs is 1. The van der Waals surface area contributed by atoms with Gasteiger partial charge in [-0.2, -0.15) is 13.2 Å². The van der Waals surface area contributed by atoms with Crippen LogP contribution in [-0.2, 0) is 19.6 Å². The van der Waals surface area contributed by atoms with Crippen molar-refractivity contribution in [3.8, 4) is 0 Å². The molecule has 3 aromatic rings. The normalized spacial score (nSPS) is 12.0. The van der Waals surface area contributed by atoms with Crippen molar-refractivity contribution < 1.29 is 13.2 Å². The molecule has 2 nitrogen and oxygen atoms in total. The van der Waals surface area contributed by atoms with Crippen molar-refractivity contribution in [3.63, 3.8) is 0 Å². The smallest absolute Gasteiger partial charge is 0.398 e. The minimum Gasteiger partial charge on any atom is -0.398 e. The Morgan fingerprint density at radius 1 is 1.05 bits per heavy atom. The average Bonchev–Trinajstić information content (AvgIpc) is 2.77. The number of aryl methyl sites for hydroxylation is 1. The van der Waals surface area contributed by atoms with Gasteiger partial charge in [0.05, 0.1) is 5.56 Å². The number of alkyl halides is 3. The molecule has 0 aliphatic carbocycles. The third kappa shape index (κ3) is 2.54. The van der Waals surface area contributed by atoms with Crippen LogP contribution in [0.25, 0.3) is 10.9 Å². The van der Waals surface area contributed by atoms with Gasteiger partial charge in [-0.1, -0.05) is 24.3 Å². The van der Waals surface area contributed by atoms with E-state index in [-0.39, 0.29) is 0 Å². The molecule has 0 radical (unpaired) electrons. The quantitative estimate of drug-likeness (QED) is 0.700. The van der Waals surface area contributed by atoms with Crippen molar-refractivity contribution in [1.82, 2.24) is 4.57 Å². The van der Waals surface area contributed by atoms with Crippen molar-refractivity contribution in [2.45, 2.75) is 12.6 Å². The van der Waals surface area contributed by atoms with E-state index in [9.17, 15) is 13.2 Å². The number of rotatable bonds is 2. The molecule has 1 aromatic heterocycles. The molecule has 3 rings (SSSR count). The SMILES string of the molecule is Cn1cc(Cc2ccccc2N)c2ccc(C(F)(F)F)cc21. The summed E-state index contributed by atoms with van der Waals surface area (Å²) in [5.41, 5.74) is 8.50. The zero-order valence-electron chi connectivity index (χ0n) is 12.0. The predicted octanol–water partition coefficient (Wildman–Crippen LogP) is 4.37. The van der Waals surface area contributed by atoms with Gasteiger partial charge in [0.15, 0.2) is 0 Å². The summed E-state index contributed by atoms with van der Waals surface area (Å²) in [5, 5.41) is 0.818. The second-order valence-electron chi connectivity index (χ2n) is 5.37. The first kappa shape index (κ1) is 14.5. The summed E-state index contributed by atoms with van der Waals surface area (Å²) in [4.78, 5) is 0. The van der Waals surface area contributed by atoms with Crippen molar-refractivity contribution in [1.29, 1.82) is 0 Å². The lowest BCUT2D eigenvalue weighted by atomic mass is 10.0. The van der Waals surface area contributed by atoms with Crippen LogP contribution in [0.5, 0.6) is 0 Å². The van der Waals surface area contributed by atoms with Crippen molar-refractivity contribution in [2.24, 2.45) is 7.05 Å². The molecule has 0 saturated carbocycles. The topological polar surface area (TPSA) is 30.9 Å². The Morgan fingerprint density at radius 2 is 1.77 bits per heavy atom. The summed E-state index contributed by atoms with van der Waals surface area (Å²) >= 11 is 0. The summed E-state index contributed by atoms with van der Waals surface area (Å²) in [5.74, 6) is 0. The minimum atomic E-state index is -4.33. The fraction of sp³-hybridized carbons (Fsp3) is 0.176. The van der Waals surface area contributed by atoms with Gasteiger partial charge >= 0.3 is 6.18 Å². The molecule has 0 fully saturated rings. The van der Waals surface area contributed by atoms with Crippen LogP contribution in [0.3, 0.4) is 0 Å². The molecule has 0 atom stereocenters. The van der Waals surface area contributed by atoms with Gasteiger partial charge in [0.2, 0.25) is 0 Å². The zero-order chi connectivity index (χ0) is 15.9. The highest BCUT2D eigenvalue weighted by Crippen LogP contribution is 2.33. The van der Waals surface area contributed by atoms with E-state index in [0.717, 1.165) is 22.6 Å². The standard InChI is InChI=1S/C17H15F3N2/c1-22-10-12(8-11-4-2-3-5-15(11)21)14-7-6-13(9-16(14)22)17(18,19)20/h2-7,9-10H,8,21H2,1H3. The predicted molar refractivity (Wildman–Crippen MR) is 81.6 cm³/mol. The summed E-state index contributed by atoms with van der Waals surface area (Å²) in [6, 6.07) is 11.4. The van der Waals surface area contributed by atoms with Crippen molar-refractivity contribution in [3.05, 3.63) is 65.4 Å². The van der Waals surface area contributed by atoms with Crippen LogP contribution in [0.2, 0.25) is 0 Å². The molecule has 0 spiro atoms. The van der Waals surface area contributed by atoms with Crippen LogP contribution in [0.4, 0.5) is 18.9 Å². The molecule has 0 aliphatic heterocycles. The number of hydrogen-bond acceptors (Lipinski definition) is 1. The van der Waals surface area contributed by atoms with Gasteiger partial charge in [-0.05, 0) is 29.3 Å². The van der Waals surface area contributed by atoms with E-state index >= 15 is 0 Å². The molecule has 114 valence electrons. The molecule has 0 amide bonds. The molecule has 2 aromatic carbocycles. The Morgan fingerprint density at radius 3 is 2.45 bits per heavy atom. The third-order valence-corrected chi connectivity index (χ3v) is 3.84. The lowest BCUT2D eigenvalue weighted by Crippen LogP contribution is -2.04. The Balaban J connectivity index is 2.07. The van der Waals surface area contributed by atoms with Crippen molar-refractivity contribution >= 4 is 16.6 Å². The number of hydrogen-bond donors (Lipinski definition) is 1. The Kier molecular flexibility index (Phi) is 3.35. The van der Waals surface area contributed by atoms with E-state index in [4.69, 9.17) is 5.73 Å². The van der Waals surface area contributed by atoms with Gasteiger partial charge in [0, 0.05) is 36.3 Å². The molecule has 0 aliphatic rings. The van der Waals surface area contributed by atoms with Gasteiger partial charge < -0.3 is 10.3 Å². The van der Waals surface area contributed by atoms with Crippen LogP contribution >= 0.6 is 0 Å². The fourth-order valence-electron chi connectivity index (χ4n) is 2.69. The highest BCUT2D eigenvalue weighted by molar-refractivity contribution is 5.85. The highest BCUT2D eigenvalue weighted by atomic mass is 19.4. The molecule has 2 N–H and O–H groups in total. The van der Waals surface area contributed by atoms with E-state index in [0.29, 0.717) is 17.6 Å². The number of para-hydroxylation sites is 1. The number of anilines is 1. The molecule has 0 saturated heterocycles. The van der Waals surface area contributed by atoms with Crippen LogP contribution in [-0.4, -0.2) is 4.57 Å². The first-order valence-corrected chi connectivity index (χ1v) is 6.85. The average molecular weight is 304 g/mol. The van der Waals surface area contributed by atoms with E-state index in [1.54, 1.807) is 11.6 Å². The van der Waals surface area contributed by atoms with E-state index in [1.165, 1.54) is 12.1 Å². The number of nitrogen functional groups attached to an aromatic ring is 1. The van der Waals surface area contributed by atoms with Gasteiger partial charge in [-0.3, -0.25) is 0 Å². The maximum atomic E-state index is 12.8. The van der Waals surface area contributed by atoms with E-state index < -0.39 is 11.7 Å². The second kappa shape index (κ2) is 5.09. The first-order chi connectivity index (χ1) is 10.4. The maximum Gasteiger partial charge on any atom is 0.416 e. The van der Waals surface area contributed by atoms with Gasteiger partial charge in [-0.25, -0.2) is 0 Å². The molecular formula is C17H15F3N2. The monoisotopic (exact) mass is 304 g/mol. The summed E-state index contributed by atoms with van der Waals surface area (Å²) in [6.07, 6.45) is -1.88. The second-order valence-corrected chi connectivity index (χ2v) is 5.37. The van der Waals surface area contributed by atoms with Crippen LogP contribution in [0.1, 0.15) is 16.7 Å². The number of aromatic nitrogens is 1. The molecule has 1 heterocycles. The number of halogens is 3. The Bertz CT molecular complexity index is 832. The first-order valence-electron chi connectivity index (χ1n) is 6.85. The van der Waals surface area contributed by atoms with Crippen LogP contribution in [0.15, 0.2) is 48.7 Å². The largest absolute Gasteiger partial charge is 0.416 e.